The van der Waals surface area contributed by atoms with Crippen LogP contribution in [0.15, 0.2) is 11.6 Å². The van der Waals surface area contributed by atoms with Crippen LogP contribution in [0.4, 0.5) is 0 Å². The van der Waals surface area contributed by atoms with Gasteiger partial charge in [-0.1, -0.05) is 182 Å². The fourth-order valence-corrected chi connectivity index (χ4v) is 13.7. The zero-order valence-corrected chi connectivity index (χ0v) is 42.1. The molecule has 0 amide bonds. The SMILES string of the molecule is CCCCCC(CCCCC)CCOC(=O)CCCCCCCC(O)CCCCCCCC(=O)O[C@H]1CC[C@@]2(C)C(=CCC3C2CC[C@@]2(C)C3CC[C@@H]2[C@H](C)CCCC(C)C)C1. The van der Waals surface area contributed by atoms with Crippen molar-refractivity contribution in [3.63, 3.8) is 0 Å². The summed E-state index contributed by atoms with van der Waals surface area (Å²) in [7, 11) is 0. The highest BCUT2D eigenvalue weighted by Crippen LogP contribution is 2.67. The van der Waals surface area contributed by atoms with Crippen LogP contribution in [-0.2, 0) is 19.1 Å². The van der Waals surface area contributed by atoms with Gasteiger partial charge in [0.05, 0.1) is 12.7 Å². The molecule has 0 aromatic carbocycles. The molecule has 0 aromatic heterocycles. The molecule has 5 heteroatoms. The smallest absolute Gasteiger partial charge is 0.306 e. The summed E-state index contributed by atoms with van der Waals surface area (Å²) in [6, 6.07) is 0. The number of esters is 2. The lowest BCUT2D eigenvalue weighted by molar-refractivity contribution is -0.151. The molecule has 1 N–H and O–H groups in total. The number of rotatable bonds is 33. The predicted molar refractivity (Wildman–Crippen MR) is 261 cm³/mol. The monoisotopic (exact) mass is 867 g/mol. The molecule has 3 fully saturated rings. The maximum Gasteiger partial charge on any atom is 0.306 e. The Morgan fingerprint density at radius 3 is 1.92 bits per heavy atom. The van der Waals surface area contributed by atoms with Crippen molar-refractivity contribution in [2.45, 2.75) is 279 Å². The first kappa shape index (κ1) is 53.3. The Morgan fingerprint density at radius 1 is 0.661 bits per heavy atom. The molecule has 5 nitrogen and oxygen atoms in total. The molecule has 0 aliphatic heterocycles. The van der Waals surface area contributed by atoms with E-state index in [1.807, 2.05) is 0 Å². The summed E-state index contributed by atoms with van der Waals surface area (Å²) < 4.78 is 11.8. The van der Waals surface area contributed by atoms with Crippen LogP contribution in [0.1, 0.15) is 267 Å². The molecular formula is C57H102O5. The number of fused-ring (bicyclic) bond motifs is 5. The van der Waals surface area contributed by atoms with Gasteiger partial charge in [0.1, 0.15) is 6.10 Å². The average Bonchev–Trinajstić information content (AvgIpc) is 3.60. The van der Waals surface area contributed by atoms with Gasteiger partial charge in [-0.15, -0.1) is 0 Å². The van der Waals surface area contributed by atoms with Crippen LogP contribution in [-0.4, -0.2) is 35.9 Å². The number of ether oxygens (including phenoxy) is 2. The number of allylic oxidation sites excluding steroid dienone is 1. The summed E-state index contributed by atoms with van der Waals surface area (Å²) >= 11 is 0. The van der Waals surface area contributed by atoms with Crippen molar-refractivity contribution in [1.82, 2.24) is 0 Å². The minimum absolute atomic E-state index is 0.00544. The summed E-state index contributed by atoms with van der Waals surface area (Å²) in [6.07, 6.45) is 41.5. The Labute approximate surface area is 384 Å². The third-order valence-electron chi connectivity index (χ3n) is 17.6. The molecule has 4 unspecified atom stereocenters. The lowest BCUT2D eigenvalue weighted by atomic mass is 9.47. The number of hydrogen-bond donors (Lipinski definition) is 1. The highest BCUT2D eigenvalue weighted by atomic mass is 16.5. The third-order valence-corrected chi connectivity index (χ3v) is 17.6. The molecule has 0 heterocycles. The van der Waals surface area contributed by atoms with E-state index in [1.54, 1.807) is 5.57 Å². The van der Waals surface area contributed by atoms with Gasteiger partial charge >= 0.3 is 11.9 Å². The van der Waals surface area contributed by atoms with Crippen molar-refractivity contribution in [3.8, 4) is 0 Å². The summed E-state index contributed by atoms with van der Waals surface area (Å²) in [5, 5.41) is 10.5. The number of aliphatic hydroxyl groups excluding tert-OH is 1. The summed E-state index contributed by atoms with van der Waals surface area (Å²) in [4.78, 5) is 25.2. The van der Waals surface area contributed by atoms with Gasteiger partial charge in [0.25, 0.3) is 0 Å². The highest BCUT2D eigenvalue weighted by Gasteiger charge is 2.59. The Balaban J connectivity index is 0.986. The minimum atomic E-state index is -0.207. The van der Waals surface area contributed by atoms with Gasteiger partial charge in [0.2, 0.25) is 0 Å². The van der Waals surface area contributed by atoms with Gasteiger partial charge in [0.15, 0.2) is 0 Å². The summed E-state index contributed by atoms with van der Waals surface area (Å²) in [5.74, 6) is 5.81. The Morgan fingerprint density at radius 2 is 1.27 bits per heavy atom. The largest absolute Gasteiger partial charge is 0.466 e. The number of hydrogen-bond acceptors (Lipinski definition) is 5. The van der Waals surface area contributed by atoms with Crippen LogP contribution in [0, 0.1) is 52.3 Å². The van der Waals surface area contributed by atoms with E-state index in [2.05, 4.69) is 54.5 Å². The van der Waals surface area contributed by atoms with Gasteiger partial charge in [-0.25, -0.2) is 0 Å². The maximum absolute atomic E-state index is 12.9. The van der Waals surface area contributed by atoms with E-state index in [9.17, 15) is 14.7 Å². The molecule has 0 radical (unpaired) electrons. The van der Waals surface area contributed by atoms with Crippen molar-refractivity contribution >= 4 is 11.9 Å². The quantitative estimate of drug-likeness (QED) is 0.0404. The molecular weight excluding hydrogens is 765 g/mol. The average molecular weight is 867 g/mol. The molecule has 4 aliphatic carbocycles. The van der Waals surface area contributed by atoms with E-state index in [4.69, 9.17) is 9.47 Å². The van der Waals surface area contributed by atoms with Gasteiger partial charge in [0, 0.05) is 19.3 Å². The molecule has 0 aromatic rings. The Bertz CT molecular complexity index is 1260. The Hall–Kier alpha value is -1.36. The molecule has 62 heavy (non-hydrogen) atoms. The van der Waals surface area contributed by atoms with Crippen molar-refractivity contribution < 1.29 is 24.2 Å². The second-order valence-corrected chi connectivity index (χ2v) is 22.8. The number of carbonyl (C=O) groups is 2. The maximum atomic E-state index is 12.9. The van der Waals surface area contributed by atoms with E-state index in [1.165, 1.54) is 109 Å². The van der Waals surface area contributed by atoms with E-state index in [0.717, 1.165) is 132 Å². The number of carbonyl (C=O) groups excluding carboxylic acids is 2. The fourth-order valence-electron chi connectivity index (χ4n) is 13.7. The van der Waals surface area contributed by atoms with Crippen LogP contribution in [0.2, 0.25) is 0 Å². The topological polar surface area (TPSA) is 72.8 Å². The van der Waals surface area contributed by atoms with E-state index in [-0.39, 0.29) is 24.1 Å². The van der Waals surface area contributed by atoms with E-state index in [0.29, 0.717) is 36.2 Å². The van der Waals surface area contributed by atoms with Crippen LogP contribution in [0.3, 0.4) is 0 Å². The lowest BCUT2D eigenvalue weighted by Gasteiger charge is -2.58. The first-order chi connectivity index (χ1) is 29.9. The molecule has 0 bridgehead atoms. The fraction of sp³-hybridized carbons (Fsp3) is 0.930. The normalized spacial score (nSPS) is 28.0. The second kappa shape index (κ2) is 28.6. The first-order valence-electron chi connectivity index (χ1n) is 27.6. The van der Waals surface area contributed by atoms with Crippen LogP contribution in [0.5, 0.6) is 0 Å². The molecule has 0 spiro atoms. The van der Waals surface area contributed by atoms with Crippen LogP contribution < -0.4 is 0 Å². The van der Waals surface area contributed by atoms with Gasteiger partial charge in [-0.3, -0.25) is 9.59 Å². The first-order valence-corrected chi connectivity index (χ1v) is 27.6. The van der Waals surface area contributed by atoms with Gasteiger partial charge in [-0.2, -0.15) is 0 Å². The molecule has 4 rings (SSSR count). The predicted octanol–water partition coefficient (Wildman–Crippen LogP) is 16.5. The molecule has 4 aliphatic rings. The van der Waals surface area contributed by atoms with E-state index >= 15 is 0 Å². The summed E-state index contributed by atoms with van der Waals surface area (Å²) in [5.41, 5.74) is 2.44. The summed E-state index contributed by atoms with van der Waals surface area (Å²) in [6.45, 7) is 17.7. The second-order valence-electron chi connectivity index (χ2n) is 22.8. The molecule has 3 saturated carbocycles. The van der Waals surface area contributed by atoms with Crippen molar-refractivity contribution in [2.75, 3.05) is 6.61 Å². The number of aliphatic hydroxyl groups is 1. The molecule has 0 saturated heterocycles. The standard InChI is InChI=1S/C57H102O5/c1-8-10-18-27-46(28-19-11-9-2)39-42-61-54(59)31-22-16-12-14-20-29-48(58)30-21-15-13-17-23-32-55(60)62-49-37-40-56(6)47(43-49)33-34-50-52-36-35-51(45(5)26-24-25-44(3)4)57(52,7)41-38-53(50)56/h33,44-46,48-53,58H,8-32,34-43H2,1-7H3/t45-,48?,49+,50?,51-,52?,53?,56+,57-/m1/s1. The molecule has 9 atom stereocenters. The zero-order chi connectivity index (χ0) is 44.8. The van der Waals surface area contributed by atoms with Crippen molar-refractivity contribution in [3.05, 3.63) is 11.6 Å². The lowest BCUT2D eigenvalue weighted by Crippen LogP contribution is -2.51. The highest BCUT2D eigenvalue weighted by molar-refractivity contribution is 5.69. The third kappa shape index (κ3) is 17.1. The van der Waals surface area contributed by atoms with E-state index < -0.39 is 0 Å². The zero-order valence-electron chi connectivity index (χ0n) is 42.1. The van der Waals surface area contributed by atoms with Crippen LogP contribution in [0.25, 0.3) is 0 Å². The molecule has 360 valence electrons. The van der Waals surface area contributed by atoms with Crippen molar-refractivity contribution in [1.29, 1.82) is 0 Å². The van der Waals surface area contributed by atoms with Crippen molar-refractivity contribution in [2.24, 2.45) is 52.3 Å². The minimum Gasteiger partial charge on any atom is -0.466 e. The van der Waals surface area contributed by atoms with Crippen LogP contribution >= 0.6 is 0 Å². The van der Waals surface area contributed by atoms with Gasteiger partial charge in [-0.05, 0) is 129 Å². The number of unbranched alkanes of at least 4 members (excludes halogenated alkanes) is 12. The Kier molecular flexibility index (Phi) is 24.6. The van der Waals surface area contributed by atoms with Gasteiger partial charge < -0.3 is 14.6 Å².